The van der Waals surface area contributed by atoms with E-state index in [1.54, 1.807) is 19.1 Å². The van der Waals surface area contributed by atoms with E-state index in [-0.39, 0.29) is 5.91 Å². The van der Waals surface area contributed by atoms with Gasteiger partial charge < -0.3 is 20.1 Å². The van der Waals surface area contributed by atoms with E-state index in [9.17, 15) is 4.79 Å². The summed E-state index contributed by atoms with van der Waals surface area (Å²) >= 11 is 0. The molecule has 0 spiro atoms. The van der Waals surface area contributed by atoms with Crippen molar-refractivity contribution in [3.05, 3.63) is 48.0 Å². The normalized spacial score (nSPS) is 10.3. The van der Waals surface area contributed by atoms with Gasteiger partial charge in [-0.25, -0.2) is 0 Å². The summed E-state index contributed by atoms with van der Waals surface area (Å²) in [6.07, 6.45) is 0.990. The lowest BCUT2D eigenvalue weighted by atomic mass is 10.1. The van der Waals surface area contributed by atoms with Gasteiger partial charge in [-0.2, -0.15) is 0 Å². The molecule has 0 bridgehead atoms. The molecular formula is C19H24N2O3. The zero-order chi connectivity index (χ0) is 17.5. The number of aryl methyl sites for hydroxylation is 1. The highest BCUT2D eigenvalue weighted by atomic mass is 16.5. The van der Waals surface area contributed by atoms with Gasteiger partial charge >= 0.3 is 0 Å². The van der Waals surface area contributed by atoms with E-state index in [0.29, 0.717) is 36.6 Å². The van der Waals surface area contributed by atoms with Crippen LogP contribution in [-0.4, -0.2) is 26.7 Å². The molecule has 5 heteroatoms. The van der Waals surface area contributed by atoms with Crippen molar-refractivity contribution in [1.29, 1.82) is 0 Å². The molecule has 2 aromatic carbocycles. The predicted molar refractivity (Wildman–Crippen MR) is 96.7 cm³/mol. The van der Waals surface area contributed by atoms with Gasteiger partial charge in [0.1, 0.15) is 0 Å². The Kier molecular flexibility index (Phi) is 6.07. The number of nitrogens with two attached hydrogens (primary N) is 1. The molecule has 0 saturated carbocycles. The number of carbonyl (C=O) groups is 1. The molecule has 0 radical (unpaired) electrons. The Hall–Kier alpha value is -2.69. The second kappa shape index (κ2) is 8.24. The van der Waals surface area contributed by atoms with Crippen LogP contribution in [0, 0.1) is 0 Å². The molecular weight excluding hydrogens is 304 g/mol. The molecule has 0 saturated heterocycles. The third-order valence-corrected chi connectivity index (χ3v) is 3.88. The molecule has 128 valence electrons. The predicted octanol–water partition coefficient (Wildman–Crippen LogP) is 3.27. The zero-order valence-corrected chi connectivity index (χ0v) is 14.4. The highest BCUT2D eigenvalue weighted by molar-refractivity contribution is 5.93. The van der Waals surface area contributed by atoms with Crippen molar-refractivity contribution < 1.29 is 14.3 Å². The van der Waals surface area contributed by atoms with E-state index in [1.807, 2.05) is 49.4 Å². The fourth-order valence-corrected chi connectivity index (χ4v) is 2.69. The number of para-hydroxylation sites is 1. The quantitative estimate of drug-likeness (QED) is 0.792. The van der Waals surface area contributed by atoms with Crippen LogP contribution in [0.4, 0.5) is 11.4 Å². The molecule has 0 atom stereocenters. The summed E-state index contributed by atoms with van der Waals surface area (Å²) in [6, 6.07) is 13.4. The van der Waals surface area contributed by atoms with Gasteiger partial charge in [-0.1, -0.05) is 18.2 Å². The van der Waals surface area contributed by atoms with Crippen LogP contribution in [-0.2, 0) is 11.2 Å². The van der Waals surface area contributed by atoms with Gasteiger partial charge in [-0.05, 0) is 43.2 Å². The molecule has 0 aromatic heterocycles. The molecule has 5 nitrogen and oxygen atoms in total. The number of nitrogens with zero attached hydrogens (tertiary/aromatic N) is 1. The lowest BCUT2D eigenvalue weighted by Crippen LogP contribution is -2.30. The largest absolute Gasteiger partial charge is 0.493 e. The number of methoxy groups -OCH3 is 2. The Bertz CT molecular complexity index is 687. The summed E-state index contributed by atoms with van der Waals surface area (Å²) < 4.78 is 10.5. The lowest BCUT2D eigenvalue weighted by Gasteiger charge is -2.21. The number of amides is 1. The number of hydrogen-bond acceptors (Lipinski definition) is 4. The third-order valence-electron chi connectivity index (χ3n) is 3.88. The number of anilines is 2. The van der Waals surface area contributed by atoms with Crippen molar-refractivity contribution >= 4 is 17.3 Å². The van der Waals surface area contributed by atoms with E-state index in [0.717, 1.165) is 11.3 Å². The van der Waals surface area contributed by atoms with Gasteiger partial charge in [0.05, 0.1) is 19.9 Å². The molecule has 2 N–H and O–H groups in total. The summed E-state index contributed by atoms with van der Waals surface area (Å²) in [7, 11) is 3.12. The molecule has 1 amide bonds. The van der Waals surface area contributed by atoms with Crippen molar-refractivity contribution in [3.63, 3.8) is 0 Å². The first-order valence-corrected chi connectivity index (χ1v) is 7.96. The smallest absolute Gasteiger partial charge is 0.227 e. The summed E-state index contributed by atoms with van der Waals surface area (Å²) in [5.74, 6) is 1.18. The van der Waals surface area contributed by atoms with E-state index < -0.39 is 0 Å². The van der Waals surface area contributed by atoms with Gasteiger partial charge in [0.25, 0.3) is 0 Å². The highest BCUT2D eigenvalue weighted by Crippen LogP contribution is 2.34. The fraction of sp³-hybridized carbons (Fsp3) is 0.316. The number of benzene rings is 2. The van der Waals surface area contributed by atoms with Crippen LogP contribution in [0.25, 0.3) is 0 Å². The van der Waals surface area contributed by atoms with Crippen molar-refractivity contribution in [2.75, 3.05) is 31.4 Å². The monoisotopic (exact) mass is 328 g/mol. The molecule has 0 fully saturated rings. The van der Waals surface area contributed by atoms with Gasteiger partial charge in [0.15, 0.2) is 11.5 Å². The SMILES string of the molecule is CCN(C(=O)CCc1cc(N)c(OC)c(OC)c1)c1ccccc1. The Morgan fingerprint density at radius 2 is 1.83 bits per heavy atom. The van der Waals surface area contributed by atoms with E-state index in [4.69, 9.17) is 15.2 Å². The Morgan fingerprint density at radius 1 is 1.12 bits per heavy atom. The van der Waals surface area contributed by atoms with Crippen LogP contribution in [0.15, 0.2) is 42.5 Å². The average Bonchev–Trinajstić information content (AvgIpc) is 2.61. The van der Waals surface area contributed by atoms with Crippen LogP contribution in [0.1, 0.15) is 18.9 Å². The number of rotatable bonds is 7. The maximum absolute atomic E-state index is 12.5. The molecule has 0 aliphatic heterocycles. The van der Waals surface area contributed by atoms with Gasteiger partial charge in [0, 0.05) is 18.7 Å². The highest BCUT2D eigenvalue weighted by Gasteiger charge is 2.15. The third kappa shape index (κ3) is 3.98. The first-order chi connectivity index (χ1) is 11.6. The number of nitrogen functional groups attached to an aromatic ring is 1. The summed E-state index contributed by atoms with van der Waals surface area (Å²) in [5.41, 5.74) is 8.36. The minimum Gasteiger partial charge on any atom is -0.493 e. The molecule has 0 aliphatic carbocycles. The summed E-state index contributed by atoms with van der Waals surface area (Å²) in [6.45, 7) is 2.61. The van der Waals surface area contributed by atoms with E-state index >= 15 is 0 Å². The van der Waals surface area contributed by atoms with Gasteiger partial charge in [-0.15, -0.1) is 0 Å². The van der Waals surface area contributed by atoms with Crippen LogP contribution in [0.5, 0.6) is 11.5 Å². The Labute approximate surface area is 143 Å². The Balaban J connectivity index is 2.10. The maximum Gasteiger partial charge on any atom is 0.227 e. The van der Waals surface area contributed by atoms with Crippen LogP contribution in [0.2, 0.25) is 0 Å². The Morgan fingerprint density at radius 3 is 2.42 bits per heavy atom. The minimum absolute atomic E-state index is 0.0806. The standard InChI is InChI=1S/C19H24N2O3/c1-4-21(15-8-6-5-7-9-15)18(22)11-10-14-12-16(20)19(24-3)17(13-14)23-2/h5-9,12-13H,4,10-11,20H2,1-3H3. The fourth-order valence-electron chi connectivity index (χ4n) is 2.69. The summed E-state index contributed by atoms with van der Waals surface area (Å²) in [5, 5.41) is 0. The molecule has 2 aromatic rings. The van der Waals surface area contributed by atoms with Crippen molar-refractivity contribution in [2.45, 2.75) is 19.8 Å². The topological polar surface area (TPSA) is 64.8 Å². The van der Waals surface area contributed by atoms with Crippen molar-refractivity contribution in [1.82, 2.24) is 0 Å². The number of hydrogen-bond donors (Lipinski definition) is 1. The molecule has 0 aliphatic rings. The van der Waals surface area contributed by atoms with E-state index in [1.165, 1.54) is 0 Å². The van der Waals surface area contributed by atoms with Crippen LogP contribution < -0.4 is 20.1 Å². The van der Waals surface area contributed by atoms with Crippen LogP contribution in [0.3, 0.4) is 0 Å². The van der Waals surface area contributed by atoms with Crippen LogP contribution >= 0.6 is 0 Å². The first kappa shape index (κ1) is 17.7. The minimum atomic E-state index is 0.0806. The van der Waals surface area contributed by atoms with Crippen molar-refractivity contribution in [3.8, 4) is 11.5 Å². The van der Waals surface area contributed by atoms with E-state index in [2.05, 4.69) is 0 Å². The lowest BCUT2D eigenvalue weighted by molar-refractivity contribution is -0.118. The van der Waals surface area contributed by atoms with Gasteiger partial charge in [-0.3, -0.25) is 4.79 Å². The molecule has 24 heavy (non-hydrogen) atoms. The maximum atomic E-state index is 12.5. The molecule has 0 heterocycles. The molecule has 2 rings (SSSR count). The van der Waals surface area contributed by atoms with Crippen molar-refractivity contribution in [2.24, 2.45) is 0 Å². The second-order valence-electron chi connectivity index (χ2n) is 5.39. The second-order valence-corrected chi connectivity index (χ2v) is 5.39. The average molecular weight is 328 g/mol. The molecule has 0 unspecified atom stereocenters. The zero-order valence-electron chi connectivity index (χ0n) is 14.4. The number of ether oxygens (including phenoxy) is 2. The number of carbonyl (C=O) groups excluding carboxylic acids is 1. The summed E-state index contributed by atoms with van der Waals surface area (Å²) in [4.78, 5) is 14.3. The van der Waals surface area contributed by atoms with Gasteiger partial charge in [0.2, 0.25) is 5.91 Å². The first-order valence-electron chi connectivity index (χ1n) is 7.96.